The lowest BCUT2D eigenvalue weighted by Gasteiger charge is -2.08. The molecule has 23 heavy (non-hydrogen) atoms. The monoisotopic (exact) mass is 328 g/mol. The van der Waals surface area contributed by atoms with Crippen LogP contribution in [0.2, 0.25) is 0 Å². The first-order valence-corrected chi connectivity index (χ1v) is 7.56. The molecule has 4 heterocycles. The Morgan fingerprint density at radius 1 is 1.26 bits per heavy atom. The van der Waals surface area contributed by atoms with Gasteiger partial charge in [-0.15, -0.1) is 10.2 Å². The third-order valence-electron chi connectivity index (χ3n) is 3.45. The van der Waals surface area contributed by atoms with Crippen LogP contribution in [0.4, 0.5) is 0 Å². The van der Waals surface area contributed by atoms with Crippen LogP contribution in [0.1, 0.15) is 11.3 Å². The zero-order chi connectivity index (χ0) is 16.0. The van der Waals surface area contributed by atoms with E-state index in [9.17, 15) is 0 Å². The van der Waals surface area contributed by atoms with Gasteiger partial charge in [-0.05, 0) is 37.7 Å². The largest absolute Gasteiger partial charge is 0.461 e. The predicted molar refractivity (Wildman–Crippen MR) is 82.3 cm³/mol. The molecule has 0 radical (unpaired) electrons. The first-order valence-electron chi connectivity index (χ1n) is 6.74. The smallest absolute Gasteiger partial charge is 0.253 e. The van der Waals surface area contributed by atoms with Gasteiger partial charge in [-0.25, -0.2) is 9.66 Å². The van der Waals surface area contributed by atoms with E-state index in [1.54, 1.807) is 22.9 Å². The molecule has 0 bridgehead atoms. The minimum atomic E-state index is 0.454. The van der Waals surface area contributed by atoms with Crippen LogP contribution in [0.15, 0.2) is 39.3 Å². The van der Waals surface area contributed by atoms with Crippen LogP contribution < -0.4 is 5.84 Å². The summed E-state index contributed by atoms with van der Waals surface area (Å²) < 4.78 is 8.37. The van der Waals surface area contributed by atoms with Crippen LogP contribution in [-0.2, 0) is 0 Å². The number of furan rings is 1. The summed E-state index contributed by atoms with van der Waals surface area (Å²) in [5.41, 5.74) is 1.86. The van der Waals surface area contributed by atoms with Crippen molar-refractivity contribution < 1.29 is 4.42 Å². The van der Waals surface area contributed by atoms with Crippen molar-refractivity contribution in [3.05, 3.63) is 36.0 Å². The van der Waals surface area contributed by atoms with E-state index in [2.05, 4.69) is 25.3 Å². The summed E-state index contributed by atoms with van der Waals surface area (Å²) in [6.45, 7) is 3.89. The molecule has 4 aromatic rings. The molecule has 0 unspecified atom stereocenters. The standard InChI is InChI=1S/C13H12N8OS/c1-7-8(2)17-12-15-6-16-21(12)11(7)23-13-19-18-10(20(13)14)9-4-3-5-22-9/h3-6H,14H2,1-2H3. The molecule has 116 valence electrons. The summed E-state index contributed by atoms with van der Waals surface area (Å²) in [6.07, 6.45) is 3.03. The second-order valence-electron chi connectivity index (χ2n) is 4.85. The number of nitrogens with two attached hydrogens (primary N) is 1. The maximum Gasteiger partial charge on any atom is 0.253 e. The van der Waals surface area contributed by atoms with Gasteiger partial charge < -0.3 is 10.3 Å². The zero-order valence-corrected chi connectivity index (χ0v) is 13.2. The highest BCUT2D eigenvalue weighted by Gasteiger charge is 2.19. The Balaban J connectivity index is 1.80. The highest BCUT2D eigenvalue weighted by Crippen LogP contribution is 2.31. The van der Waals surface area contributed by atoms with Gasteiger partial charge in [-0.3, -0.25) is 0 Å². The molecule has 0 spiro atoms. The van der Waals surface area contributed by atoms with E-state index in [-0.39, 0.29) is 0 Å². The Hall–Kier alpha value is -2.88. The number of aryl methyl sites for hydroxylation is 1. The minimum Gasteiger partial charge on any atom is -0.461 e. The molecule has 0 fully saturated rings. The van der Waals surface area contributed by atoms with Gasteiger partial charge in [0.1, 0.15) is 11.4 Å². The second kappa shape index (κ2) is 5.09. The highest BCUT2D eigenvalue weighted by atomic mass is 32.2. The Labute approximate surface area is 134 Å². The molecular formula is C13H12N8OS. The van der Waals surface area contributed by atoms with Crippen molar-refractivity contribution in [2.24, 2.45) is 0 Å². The van der Waals surface area contributed by atoms with Crippen LogP contribution in [0.5, 0.6) is 0 Å². The normalized spacial score (nSPS) is 11.4. The first kappa shape index (κ1) is 13.8. The Morgan fingerprint density at radius 2 is 2.13 bits per heavy atom. The average molecular weight is 328 g/mol. The molecule has 0 aliphatic heterocycles. The van der Waals surface area contributed by atoms with Gasteiger partial charge in [-0.1, -0.05) is 0 Å². The molecule has 0 aliphatic carbocycles. The average Bonchev–Trinajstić information content (AvgIpc) is 3.25. The molecule has 0 aliphatic rings. The van der Waals surface area contributed by atoms with Crippen molar-refractivity contribution in [1.82, 2.24) is 34.5 Å². The molecule has 0 atom stereocenters. The SMILES string of the molecule is Cc1nc2ncnn2c(Sc2nnc(-c3ccco3)n2N)c1C. The summed E-state index contributed by atoms with van der Waals surface area (Å²) in [7, 11) is 0. The molecular weight excluding hydrogens is 316 g/mol. The summed E-state index contributed by atoms with van der Waals surface area (Å²) in [5, 5.41) is 13.8. The molecule has 0 aromatic carbocycles. The third-order valence-corrected chi connectivity index (χ3v) is 4.58. The van der Waals surface area contributed by atoms with Gasteiger partial charge in [-0.2, -0.15) is 14.6 Å². The first-order chi connectivity index (χ1) is 11.1. The zero-order valence-electron chi connectivity index (χ0n) is 12.3. The third kappa shape index (κ3) is 2.14. The van der Waals surface area contributed by atoms with Crippen molar-refractivity contribution in [3.8, 4) is 11.6 Å². The lowest BCUT2D eigenvalue weighted by molar-refractivity contribution is 0.574. The molecule has 0 saturated carbocycles. The fourth-order valence-electron chi connectivity index (χ4n) is 2.13. The minimum absolute atomic E-state index is 0.454. The van der Waals surface area contributed by atoms with Gasteiger partial charge >= 0.3 is 0 Å². The second-order valence-corrected chi connectivity index (χ2v) is 5.81. The molecule has 0 amide bonds. The number of rotatable bonds is 3. The molecule has 0 saturated heterocycles. The van der Waals surface area contributed by atoms with Gasteiger partial charge in [0.15, 0.2) is 5.76 Å². The maximum absolute atomic E-state index is 6.10. The maximum atomic E-state index is 6.10. The van der Waals surface area contributed by atoms with Crippen LogP contribution in [0, 0.1) is 13.8 Å². The van der Waals surface area contributed by atoms with E-state index in [1.807, 2.05) is 13.8 Å². The lowest BCUT2D eigenvalue weighted by atomic mass is 10.3. The molecule has 4 aromatic heterocycles. The van der Waals surface area contributed by atoms with Crippen molar-refractivity contribution in [3.63, 3.8) is 0 Å². The Morgan fingerprint density at radius 3 is 2.91 bits per heavy atom. The lowest BCUT2D eigenvalue weighted by Crippen LogP contribution is -2.12. The number of nitrogen functional groups attached to an aromatic ring is 1. The molecule has 9 nitrogen and oxygen atoms in total. The molecule has 4 rings (SSSR count). The number of aromatic nitrogens is 7. The summed E-state index contributed by atoms with van der Waals surface area (Å²) in [5.74, 6) is 7.64. The van der Waals surface area contributed by atoms with E-state index >= 15 is 0 Å². The summed E-state index contributed by atoms with van der Waals surface area (Å²) in [4.78, 5) is 8.52. The Kier molecular flexibility index (Phi) is 3.05. The van der Waals surface area contributed by atoms with Crippen LogP contribution in [-0.4, -0.2) is 34.5 Å². The fraction of sp³-hybridized carbons (Fsp3) is 0.154. The van der Waals surface area contributed by atoms with Gasteiger partial charge in [0.2, 0.25) is 11.0 Å². The van der Waals surface area contributed by atoms with E-state index in [0.29, 0.717) is 22.5 Å². The quantitative estimate of drug-likeness (QED) is 0.444. The van der Waals surface area contributed by atoms with Crippen molar-refractivity contribution in [2.75, 3.05) is 5.84 Å². The summed E-state index contributed by atoms with van der Waals surface area (Å²) >= 11 is 1.35. The predicted octanol–water partition coefficient (Wildman–Crippen LogP) is 1.46. The van der Waals surface area contributed by atoms with Gasteiger partial charge in [0, 0.05) is 11.3 Å². The van der Waals surface area contributed by atoms with Crippen molar-refractivity contribution >= 4 is 17.5 Å². The Bertz CT molecular complexity index is 987. The molecule has 10 heteroatoms. The van der Waals surface area contributed by atoms with E-state index < -0.39 is 0 Å². The highest BCUT2D eigenvalue weighted by molar-refractivity contribution is 7.99. The van der Waals surface area contributed by atoms with Crippen LogP contribution in [0.25, 0.3) is 17.4 Å². The van der Waals surface area contributed by atoms with Crippen LogP contribution in [0.3, 0.4) is 0 Å². The van der Waals surface area contributed by atoms with Crippen molar-refractivity contribution in [1.29, 1.82) is 0 Å². The number of fused-ring (bicyclic) bond motifs is 1. The van der Waals surface area contributed by atoms with E-state index in [0.717, 1.165) is 16.3 Å². The topological polar surface area (TPSA) is 113 Å². The molecule has 2 N–H and O–H groups in total. The fourth-order valence-corrected chi connectivity index (χ4v) is 3.08. The van der Waals surface area contributed by atoms with Gasteiger partial charge in [0.05, 0.1) is 6.26 Å². The number of hydrogen-bond donors (Lipinski definition) is 1. The van der Waals surface area contributed by atoms with E-state index in [1.165, 1.54) is 22.8 Å². The van der Waals surface area contributed by atoms with Crippen molar-refractivity contribution in [2.45, 2.75) is 24.0 Å². The van der Waals surface area contributed by atoms with E-state index in [4.69, 9.17) is 10.3 Å². The van der Waals surface area contributed by atoms with Gasteiger partial charge in [0.25, 0.3) is 5.78 Å². The number of nitrogens with zero attached hydrogens (tertiary/aromatic N) is 7. The summed E-state index contributed by atoms with van der Waals surface area (Å²) in [6, 6.07) is 3.55. The van der Waals surface area contributed by atoms with Crippen LogP contribution >= 0.6 is 11.8 Å². The number of hydrogen-bond acceptors (Lipinski definition) is 8.